The van der Waals surface area contributed by atoms with Gasteiger partial charge in [0.15, 0.2) is 0 Å². The summed E-state index contributed by atoms with van der Waals surface area (Å²) in [6.07, 6.45) is -0.684. The first kappa shape index (κ1) is 11.9. The second-order valence-corrected chi connectivity index (χ2v) is 5.46. The molecule has 1 nitrogen and oxygen atoms in total. The number of hydrogen-bond acceptors (Lipinski definition) is 2. The lowest BCUT2D eigenvalue weighted by Crippen LogP contribution is -2.00. The Kier molecular flexibility index (Phi) is 3.55. The Morgan fingerprint density at radius 2 is 1.94 bits per heavy atom. The van der Waals surface area contributed by atoms with E-state index in [-0.39, 0.29) is 0 Å². The third-order valence-corrected chi connectivity index (χ3v) is 3.87. The van der Waals surface area contributed by atoms with Crippen LogP contribution in [0.1, 0.15) is 22.1 Å². The van der Waals surface area contributed by atoms with Crippen molar-refractivity contribution >= 4 is 34.5 Å². The Morgan fingerprint density at radius 1 is 1.19 bits per heavy atom. The molecule has 0 fully saturated rings. The summed E-state index contributed by atoms with van der Waals surface area (Å²) in [5.41, 5.74) is 1.58. The molecule has 4 heteroatoms. The number of aryl methyl sites for hydroxylation is 1. The lowest BCUT2D eigenvalue weighted by atomic mass is 10.0. The summed E-state index contributed by atoms with van der Waals surface area (Å²) in [7, 11) is 0. The molecule has 0 saturated carbocycles. The lowest BCUT2D eigenvalue weighted by Gasteiger charge is -2.12. The predicted molar refractivity (Wildman–Crippen MR) is 69.6 cm³/mol. The molecule has 84 valence electrons. The lowest BCUT2D eigenvalue weighted by molar-refractivity contribution is 0.220. The molecule has 0 amide bonds. The molecule has 0 aliphatic carbocycles. The second kappa shape index (κ2) is 4.76. The number of benzene rings is 1. The molecule has 1 aromatic carbocycles. The highest BCUT2D eigenvalue weighted by Crippen LogP contribution is 2.33. The summed E-state index contributed by atoms with van der Waals surface area (Å²) in [6, 6.07) is 7.04. The molecule has 2 aromatic rings. The van der Waals surface area contributed by atoms with Crippen LogP contribution in [0.2, 0.25) is 10.0 Å². The molecular formula is C12H10Cl2OS. The van der Waals surface area contributed by atoms with E-state index >= 15 is 0 Å². The summed E-state index contributed by atoms with van der Waals surface area (Å²) in [5, 5.41) is 13.2. The van der Waals surface area contributed by atoms with Crippen molar-refractivity contribution in [2.75, 3.05) is 0 Å². The average Bonchev–Trinajstić information content (AvgIpc) is 2.63. The molecule has 0 aliphatic rings. The SMILES string of the molecule is Cc1sccc1C(O)c1ccc(Cl)cc1Cl. The first-order valence-corrected chi connectivity index (χ1v) is 6.40. The third-order valence-electron chi connectivity index (χ3n) is 2.45. The number of halogens is 2. The van der Waals surface area contributed by atoms with Crippen LogP contribution in [0.3, 0.4) is 0 Å². The van der Waals surface area contributed by atoms with E-state index in [2.05, 4.69) is 0 Å². The van der Waals surface area contributed by atoms with Crippen molar-refractivity contribution in [3.05, 3.63) is 55.7 Å². The topological polar surface area (TPSA) is 20.2 Å². The van der Waals surface area contributed by atoms with Gasteiger partial charge in [-0.1, -0.05) is 29.3 Å². The minimum atomic E-state index is -0.684. The van der Waals surface area contributed by atoms with Crippen LogP contribution in [0.5, 0.6) is 0 Å². The van der Waals surface area contributed by atoms with Gasteiger partial charge in [0.2, 0.25) is 0 Å². The van der Waals surface area contributed by atoms with Crippen LogP contribution in [-0.4, -0.2) is 5.11 Å². The molecule has 0 aliphatic heterocycles. The van der Waals surface area contributed by atoms with E-state index in [1.165, 1.54) is 0 Å². The van der Waals surface area contributed by atoms with Gasteiger partial charge in [0, 0.05) is 20.5 Å². The van der Waals surface area contributed by atoms with E-state index in [4.69, 9.17) is 23.2 Å². The van der Waals surface area contributed by atoms with Crippen molar-refractivity contribution in [3.63, 3.8) is 0 Å². The third kappa shape index (κ3) is 2.25. The maximum absolute atomic E-state index is 10.2. The minimum absolute atomic E-state index is 0.491. The van der Waals surface area contributed by atoms with E-state index in [0.717, 1.165) is 10.4 Å². The van der Waals surface area contributed by atoms with Gasteiger partial charge in [0.25, 0.3) is 0 Å². The van der Waals surface area contributed by atoms with Gasteiger partial charge in [-0.15, -0.1) is 11.3 Å². The van der Waals surface area contributed by atoms with E-state index in [1.54, 1.807) is 29.5 Å². The summed E-state index contributed by atoms with van der Waals surface area (Å²) < 4.78 is 0. The molecule has 1 atom stereocenters. The fraction of sp³-hybridized carbons (Fsp3) is 0.167. The standard InChI is InChI=1S/C12H10Cl2OS/c1-7-9(4-5-16-7)12(15)10-3-2-8(13)6-11(10)14/h2-6,12,15H,1H3. The molecule has 2 rings (SSSR count). The molecule has 0 bridgehead atoms. The zero-order valence-electron chi connectivity index (χ0n) is 8.58. The minimum Gasteiger partial charge on any atom is -0.384 e. The van der Waals surface area contributed by atoms with Gasteiger partial charge in [-0.05, 0) is 36.1 Å². The van der Waals surface area contributed by atoms with Crippen LogP contribution in [0.25, 0.3) is 0 Å². The Balaban J connectivity index is 2.41. The van der Waals surface area contributed by atoms with E-state index in [1.807, 2.05) is 18.4 Å². The van der Waals surface area contributed by atoms with Gasteiger partial charge in [0.1, 0.15) is 6.10 Å². The molecule has 16 heavy (non-hydrogen) atoms. The fourth-order valence-corrected chi connectivity index (χ4v) is 2.82. The zero-order chi connectivity index (χ0) is 11.7. The summed E-state index contributed by atoms with van der Waals surface area (Å²) in [5.74, 6) is 0. The van der Waals surface area contributed by atoms with E-state index in [9.17, 15) is 5.11 Å². The monoisotopic (exact) mass is 272 g/mol. The van der Waals surface area contributed by atoms with Crippen LogP contribution in [0.15, 0.2) is 29.6 Å². The highest BCUT2D eigenvalue weighted by Gasteiger charge is 2.16. The molecule has 1 unspecified atom stereocenters. The number of aliphatic hydroxyl groups is 1. The van der Waals surface area contributed by atoms with E-state index in [0.29, 0.717) is 15.6 Å². The van der Waals surface area contributed by atoms with E-state index < -0.39 is 6.10 Å². The number of thiophene rings is 1. The number of aliphatic hydroxyl groups excluding tert-OH is 1. The maximum atomic E-state index is 10.2. The number of rotatable bonds is 2. The molecule has 1 N–H and O–H groups in total. The summed E-state index contributed by atoms with van der Waals surface area (Å²) >= 11 is 13.5. The summed E-state index contributed by atoms with van der Waals surface area (Å²) in [6.45, 7) is 1.98. The Morgan fingerprint density at radius 3 is 2.50 bits per heavy atom. The Bertz CT molecular complexity index is 507. The predicted octanol–water partition coefficient (Wildman–Crippen LogP) is 4.45. The molecule has 0 saturated heterocycles. The van der Waals surface area contributed by atoms with Crippen molar-refractivity contribution in [1.29, 1.82) is 0 Å². The van der Waals surface area contributed by atoms with Crippen molar-refractivity contribution in [2.45, 2.75) is 13.0 Å². The van der Waals surface area contributed by atoms with Crippen molar-refractivity contribution in [1.82, 2.24) is 0 Å². The molecule has 0 radical (unpaired) electrons. The van der Waals surface area contributed by atoms with Crippen LogP contribution in [0, 0.1) is 6.92 Å². The van der Waals surface area contributed by atoms with Gasteiger partial charge in [-0.3, -0.25) is 0 Å². The maximum Gasteiger partial charge on any atom is 0.107 e. The van der Waals surface area contributed by atoms with Crippen molar-refractivity contribution in [3.8, 4) is 0 Å². The molecule has 1 aromatic heterocycles. The van der Waals surface area contributed by atoms with Crippen molar-refractivity contribution in [2.24, 2.45) is 0 Å². The van der Waals surface area contributed by atoms with Crippen LogP contribution in [0.4, 0.5) is 0 Å². The van der Waals surface area contributed by atoms with Gasteiger partial charge in [-0.25, -0.2) is 0 Å². The van der Waals surface area contributed by atoms with Gasteiger partial charge >= 0.3 is 0 Å². The zero-order valence-corrected chi connectivity index (χ0v) is 10.9. The summed E-state index contributed by atoms with van der Waals surface area (Å²) in [4.78, 5) is 1.10. The number of hydrogen-bond donors (Lipinski definition) is 1. The second-order valence-electron chi connectivity index (χ2n) is 3.50. The van der Waals surface area contributed by atoms with Crippen LogP contribution < -0.4 is 0 Å². The molecular weight excluding hydrogens is 263 g/mol. The fourth-order valence-electron chi connectivity index (χ4n) is 1.57. The van der Waals surface area contributed by atoms with Gasteiger partial charge < -0.3 is 5.11 Å². The van der Waals surface area contributed by atoms with Crippen LogP contribution in [-0.2, 0) is 0 Å². The first-order chi connectivity index (χ1) is 7.59. The first-order valence-electron chi connectivity index (χ1n) is 4.76. The van der Waals surface area contributed by atoms with Crippen molar-refractivity contribution < 1.29 is 5.11 Å². The molecule has 1 heterocycles. The molecule has 0 spiro atoms. The largest absolute Gasteiger partial charge is 0.384 e. The normalized spacial score (nSPS) is 12.8. The van der Waals surface area contributed by atoms with Gasteiger partial charge in [-0.2, -0.15) is 0 Å². The van der Waals surface area contributed by atoms with Crippen LogP contribution >= 0.6 is 34.5 Å². The highest BCUT2D eigenvalue weighted by atomic mass is 35.5. The quantitative estimate of drug-likeness (QED) is 0.857. The Hall–Kier alpha value is -0.540. The highest BCUT2D eigenvalue weighted by molar-refractivity contribution is 7.10. The average molecular weight is 273 g/mol. The Labute approximate surface area is 108 Å². The van der Waals surface area contributed by atoms with Gasteiger partial charge in [0.05, 0.1) is 0 Å². The smallest absolute Gasteiger partial charge is 0.107 e.